The number of carbonyl (C=O) groups is 2. The summed E-state index contributed by atoms with van der Waals surface area (Å²) in [6.07, 6.45) is 17.3. The van der Waals surface area contributed by atoms with Gasteiger partial charge in [-0.2, -0.15) is 0 Å². The normalized spacial score (nSPS) is 31.4. The number of hydrogen-bond donors (Lipinski definition) is 0. The first-order chi connectivity index (χ1) is 12.8. The van der Waals surface area contributed by atoms with E-state index in [2.05, 4.69) is 20.8 Å². The summed E-state index contributed by atoms with van der Waals surface area (Å²) >= 11 is 0. The maximum absolute atomic E-state index is 10.2. The average molecular weight is 379 g/mol. The van der Waals surface area contributed by atoms with Gasteiger partial charge in [-0.25, -0.2) is 0 Å². The van der Waals surface area contributed by atoms with E-state index in [0.717, 1.165) is 29.6 Å². The molecule has 2 nitrogen and oxygen atoms in total. The molecule has 0 amide bonds. The second-order valence-electron chi connectivity index (χ2n) is 9.72. The summed E-state index contributed by atoms with van der Waals surface area (Å²) in [5, 5.41) is 0. The van der Waals surface area contributed by atoms with E-state index in [0.29, 0.717) is 12.8 Å². The highest BCUT2D eigenvalue weighted by Gasteiger charge is 2.36. The number of ketones is 2. The molecule has 5 atom stereocenters. The lowest BCUT2D eigenvalue weighted by molar-refractivity contribution is -0.122. The molecule has 27 heavy (non-hydrogen) atoms. The van der Waals surface area contributed by atoms with Crippen LogP contribution in [-0.2, 0) is 9.59 Å². The Bertz CT molecular complexity index is 412. The first-order valence-electron chi connectivity index (χ1n) is 11.8. The summed E-state index contributed by atoms with van der Waals surface area (Å²) in [5.74, 6) is 5.63. The van der Waals surface area contributed by atoms with Crippen molar-refractivity contribution in [2.75, 3.05) is 0 Å². The third kappa shape index (κ3) is 10.5. The van der Waals surface area contributed by atoms with Crippen LogP contribution >= 0.6 is 0 Å². The van der Waals surface area contributed by atoms with Gasteiger partial charge in [0.1, 0.15) is 11.6 Å². The molecular weight excluding hydrogens is 332 g/mol. The van der Waals surface area contributed by atoms with Crippen molar-refractivity contribution in [2.45, 2.75) is 118 Å². The molecule has 158 valence electrons. The van der Waals surface area contributed by atoms with Crippen LogP contribution in [0.25, 0.3) is 0 Å². The van der Waals surface area contributed by atoms with E-state index in [-0.39, 0.29) is 11.6 Å². The van der Waals surface area contributed by atoms with E-state index in [1.807, 2.05) is 0 Å². The van der Waals surface area contributed by atoms with Gasteiger partial charge in [-0.3, -0.25) is 0 Å². The molecule has 3 fully saturated rings. The summed E-state index contributed by atoms with van der Waals surface area (Å²) in [5.41, 5.74) is 0. The Hall–Kier alpha value is -0.660. The number of unbranched alkanes of at least 4 members (excludes halogenated alkanes) is 1. The third-order valence-corrected chi connectivity index (χ3v) is 7.14. The van der Waals surface area contributed by atoms with Gasteiger partial charge in [-0.15, -0.1) is 0 Å². The van der Waals surface area contributed by atoms with E-state index in [1.54, 1.807) is 25.7 Å². The second-order valence-corrected chi connectivity index (χ2v) is 9.72. The van der Waals surface area contributed by atoms with E-state index in [1.165, 1.54) is 58.8 Å². The van der Waals surface area contributed by atoms with Crippen molar-refractivity contribution < 1.29 is 9.59 Å². The number of rotatable bonds is 6. The zero-order valence-corrected chi connectivity index (χ0v) is 18.9. The van der Waals surface area contributed by atoms with Crippen LogP contribution in [0.5, 0.6) is 0 Å². The maximum Gasteiger partial charge on any atom is 0.130 e. The highest BCUT2D eigenvalue weighted by molar-refractivity contribution is 5.83. The van der Waals surface area contributed by atoms with Crippen molar-refractivity contribution in [3.8, 4) is 0 Å². The minimum absolute atomic E-state index is 0.0835. The van der Waals surface area contributed by atoms with Crippen LogP contribution in [0.3, 0.4) is 0 Å². The van der Waals surface area contributed by atoms with Crippen LogP contribution in [0.1, 0.15) is 118 Å². The molecule has 0 aromatic carbocycles. The van der Waals surface area contributed by atoms with E-state index in [9.17, 15) is 9.59 Å². The Kier molecular flexibility index (Phi) is 12.2. The SMILES string of the molecule is CC(=O)CCC(C)=O.CC1CC2CCC1C2.CCCCC1CCCCC1C. The molecule has 0 spiro atoms. The zero-order valence-electron chi connectivity index (χ0n) is 18.9. The minimum Gasteiger partial charge on any atom is -0.300 e. The highest BCUT2D eigenvalue weighted by Crippen LogP contribution is 2.47. The molecule has 0 aliphatic heterocycles. The summed E-state index contributed by atoms with van der Waals surface area (Å²) in [6.45, 7) is 10.1. The fourth-order valence-corrected chi connectivity index (χ4v) is 5.20. The third-order valence-electron chi connectivity index (χ3n) is 7.14. The maximum atomic E-state index is 10.2. The van der Waals surface area contributed by atoms with Gasteiger partial charge in [0.05, 0.1) is 0 Å². The van der Waals surface area contributed by atoms with Crippen molar-refractivity contribution in [2.24, 2.45) is 29.6 Å². The van der Waals surface area contributed by atoms with Gasteiger partial charge in [0.15, 0.2) is 0 Å². The van der Waals surface area contributed by atoms with E-state index in [4.69, 9.17) is 0 Å². The lowest BCUT2D eigenvalue weighted by Crippen LogP contribution is -2.16. The molecule has 3 aliphatic rings. The smallest absolute Gasteiger partial charge is 0.130 e. The van der Waals surface area contributed by atoms with Crippen molar-refractivity contribution >= 4 is 11.6 Å². The molecule has 0 N–H and O–H groups in total. The van der Waals surface area contributed by atoms with Crippen LogP contribution in [0.15, 0.2) is 0 Å². The van der Waals surface area contributed by atoms with E-state index >= 15 is 0 Å². The highest BCUT2D eigenvalue weighted by atomic mass is 16.1. The van der Waals surface area contributed by atoms with Crippen LogP contribution in [-0.4, -0.2) is 11.6 Å². The molecule has 2 bridgehead atoms. The minimum atomic E-state index is 0.0835. The predicted octanol–water partition coefficient (Wildman–Crippen LogP) is 7.39. The average Bonchev–Trinajstić information content (AvgIpc) is 3.23. The number of fused-ring (bicyclic) bond motifs is 2. The van der Waals surface area contributed by atoms with Gasteiger partial charge < -0.3 is 9.59 Å². The number of Topliss-reactive ketones (excluding diaryl/α,β-unsaturated/α-hetero) is 2. The van der Waals surface area contributed by atoms with Crippen LogP contribution in [0, 0.1) is 29.6 Å². The standard InChI is InChI=1S/C11H22.C8H14.C6H10O2/c1-3-4-8-11-9-6-5-7-10(11)2;1-6-4-7-2-3-8(6)5-7;1-5(7)3-4-6(2)8/h10-11H,3-9H2,1-2H3;6-8H,2-5H2,1H3;3-4H2,1-2H3. The van der Waals surface area contributed by atoms with Crippen molar-refractivity contribution in [3.63, 3.8) is 0 Å². The Labute approximate surface area is 169 Å². The molecule has 0 heterocycles. The molecule has 0 aromatic rings. The zero-order chi connectivity index (χ0) is 20.2. The molecular formula is C25H46O2. The lowest BCUT2D eigenvalue weighted by Gasteiger charge is -2.28. The fraction of sp³-hybridized carbons (Fsp3) is 0.920. The molecule has 3 rings (SSSR count). The topological polar surface area (TPSA) is 34.1 Å². The first kappa shape index (κ1) is 24.4. The second kappa shape index (κ2) is 13.5. The largest absolute Gasteiger partial charge is 0.300 e. The monoisotopic (exact) mass is 378 g/mol. The van der Waals surface area contributed by atoms with E-state index < -0.39 is 0 Å². The lowest BCUT2D eigenvalue weighted by atomic mass is 9.78. The quantitative estimate of drug-likeness (QED) is 0.483. The molecule has 5 unspecified atom stereocenters. The number of hydrogen-bond acceptors (Lipinski definition) is 2. The van der Waals surface area contributed by atoms with Gasteiger partial charge in [0, 0.05) is 12.8 Å². The summed E-state index contributed by atoms with van der Waals surface area (Å²) < 4.78 is 0. The molecule has 0 radical (unpaired) electrons. The van der Waals surface area contributed by atoms with Crippen LogP contribution < -0.4 is 0 Å². The molecule has 0 aromatic heterocycles. The van der Waals surface area contributed by atoms with Crippen molar-refractivity contribution in [3.05, 3.63) is 0 Å². The fourth-order valence-electron chi connectivity index (χ4n) is 5.20. The van der Waals surface area contributed by atoms with Gasteiger partial charge in [0.2, 0.25) is 0 Å². The van der Waals surface area contributed by atoms with Crippen molar-refractivity contribution in [1.29, 1.82) is 0 Å². The van der Waals surface area contributed by atoms with Crippen LogP contribution in [0.2, 0.25) is 0 Å². The Morgan fingerprint density at radius 3 is 1.81 bits per heavy atom. The van der Waals surface area contributed by atoms with Crippen molar-refractivity contribution in [1.82, 2.24) is 0 Å². The molecule has 0 saturated heterocycles. The molecule has 3 saturated carbocycles. The molecule has 2 heteroatoms. The Morgan fingerprint density at radius 1 is 0.815 bits per heavy atom. The van der Waals surface area contributed by atoms with Gasteiger partial charge >= 0.3 is 0 Å². The predicted molar refractivity (Wildman–Crippen MR) is 116 cm³/mol. The Morgan fingerprint density at radius 2 is 1.44 bits per heavy atom. The Balaban J connectivity index is 0.000000206. The summed E-state index contributed by atoms with van der Waals surface area (Å²) in [7, 11) is 0. The van der Waals surface area contributed by atoms with Crippen LogP contribution in [0.4, 0.5) is 0 Å². The summed E-state index contributed by atoms with van der Waals surface area (Å²) in [4.78, 5) is 20.4. The first-order valence-corrected chi connectivity index (χ1v) is 11.8. The molecule has 3 aliphatic carbocycles. The summed E-state index contributed by atoms with van der Waals surface area (Å²) in [6, 6.07) is 0. The number of carbonyl (C=O) groups excluding carboxylic acids is 2. The van der Waals surface area contributed by atoms with Gasteiger partial charge in [-0.1, -0.05) is 72.1 Å². The van der Waals surface area contributed by atoms with Gasteiger partial charge in [0.25, 0.3) is 0 Å². The van der Waals surface area contributed by atoms with Gasteiger partial charge in [-0.05, 0) is 62.7 Å².